The number of allylic oxidation sites excluding steroid dienone is 1. The maximum absolute atomic E-state index is 10.8. The van der Waals surface area contributed by atoms with Gasteiger partial charge in [0.25, 0.3) is 5.91 Å². The van der Waals surface area contributed by atoms with Gasteiger partial charge < -0.3 is 0 Å². The standard InChI is InChI=1S/C6H5BrClNO/c1-3-5(8)2-4(7)6(10)9-3/h2,5H,1H3. The number of hydrogen-bond acceptors (Lipinski definition) is 1. The van der Waals surface area contributed by atoms with Crippen LogP contribution in [0.2, 0.25) is 0 Å². The molecule has 1 aliphatic rings. The van der Waals surface area contributed by atoms with E-state index in [4.69, 9.17) is 11.6 Å². The minimum atomic E-state index is -0.255. The SMILES string of the molecule is CC1=NC(=O)C(Br)=CC1Cl. The van der Waals surface area contributed by atoms with Gasteiger partial charge in [0.2, 0.25) is 0 Å². The number of dihydropyridines is 1. The Morgan fingerprint density at radius 1 is 1.80 bits per heavy atom. The molecule has 0 aromatic carbocycles. The molecule has 4 heteroatoms. The van der Waals surface area contributed by atoms with Crippen molar-refractivity contribution < 1.29 is 4.79 Å². The predicted octanol–water partition coefficient (Wildman–Crippen LogP) is 1.87. The van der Waals surface area contributed by atoms with Gasteiger partial charge in [-0.2, -0.15) is 0 Å². The number of rotatable bonds is 0. The summed E-state index contributed by atoms with van der Waals surface area (Å²) in [7, 11) is 0. The third-order valence-corrected chi connectivity index (χ3v) is 2.22. The molecule has 1 atom stereocenters. The Bertz CT molecular complexity index is 234. The lowest BCUT2D eigenvalue weighted by molar-refractivity contribution is -0.113. The second-order valence-corrected chi connectivity index (χ2v) is 3.30. The van der Waals surface area contributed by atoms with Crippen molar-refractivity contribution >= 4 is 39.1 Å². The molecule has 1 unspecified atom stereocenters. The lowest BCUT2D eigenvalue weighted by Crippen LogP contribution is -2.16. The Balaban J connectivity index is 2.92. The van der Waals surface area contributed by atoms with Gasteiger partial charge in [-0.1, -0.05) is 0 Å². The van der Waals surface area contributed by atoms with Gasteiger partial charge in [0.15, 0.2) is 0 Å². The molecule has 1 aliphatic heterocycles. The normalized spacial score (nSPS) is 25.9. The Morgan fingerprint density at radius 3 is 2.90 bits per heavy atom. The molecule has 0 aromatic heterocycles. The van der Waals surface area contributed by atoms with E-state index in [1.54, 1.807) is 13.0 Å². The number of hydrogen-bond donors (Lipinski definition) is 0. The number of alkyl halides is 1. The lowest BCUT2D eigenvalue weighted by atomic mass is 10.2. The minimum Gasteiger partial charge on any atom is -0.266 e. The van der Waals surface area contributed by atoms with Gasteiger partial charge in [-0.25, -0.2) is 4.99 Å². The van der Waals surface area contributed by atoms with Crippen molar-refractivity contribution in [3.63, 3.8) is 0 Å². The summed E-state index contributed by atoms with van der Waals surface area (Å²) in [5.41, 5.74) is 0.648. The summed E-state index contributed by atoms with van der Waals surface area (Å²) in [6, 6.07) is 0. The molecule has 0 radical (unpaired) electrons. The first kappa shape index (κ1) is 7.95. The van der Waals surface area contributed by atoms with Crippen molar-refractivity contribution in [1.29, 1.82) is 0 Å². The fourth-order valence-corrected chi connectivity index (χ4v) is 1.28. The first-order valence-corrected chi connectivity index (χ1v) is 3.95. The van der Waals surface area contributed by atoms with Crippen LogP contribution in [0.1, 0.15) is 6.92 Å². The second kappa shape index (κ2) is 2.84. The highest BCUT2D eigenvalue weighted by Gasteiger charge is 2.16. The van der Waals surface area contributed by atoms with Gasteiger partial charge in [0.05, 0.1) is 9.86 Å². The van der Waals surface area contributed by atoms with Gasteiger partial charge in [0, 0.05) is 5.71 Å². The van der Waals surface area contributed by atoms with Crippen molar-refractivity contribution in [2.75, 3.05) is 0 Å². The largest absolute Gasteiger partial charge is 0.283 e. The van der Waals surface area contributed by atoms with E-state index in [-0.39, 0.29) is 11.3 Å². The van der Waals surface area contributed by atoms with Crippen molar-refractivity contribution in [3.8, 4) is 0 Å². The highest BCUT2D eigenvalue weighted by molar-refractivity contribution is 9.12. The van der Waals surface area contributed by atoms with Gasteiger partial charge in [-0.3, -0.25) is 4.79 Å². The molecule has 0 bridgehead atoms. The van der Waals surface area contributed by atoms with Gasteiger partial charge in [-0.15, -0.1) is 11.6 Å². The van der Waals surface area contributed by atoms with Crippen LogP contribution >= 0.6 is 27.5 Å². The lowest BCUT2D eigenvalue weighted by Gasteiger charge is -2.08. The Labute approximate surface area is 72.1 Å². The average Bonchev–Trinajstić information content (AvgIpc) is 1.84. The summed E-state index contributed by atoms with van der Waals surface area (Å²) in [4.78, 5) is 14.5. The summed E-state index contributed by atoms with van der Waals surface area (Å²) in [6.45, 7) is 1.73. The number of aliphatic imine (C=N–C) groups is 1. The molecule has 0 spiro atoms. The summed E-state index contributed by atoms with van der Waals surface area (Å²) in [5, 5.41) is -0.243. The van der Waals surface area contributed by atoms with Crippen molar-refractivity contribution in [2.45, 2.75) is 12.3 Å². The summed E-state index contributed by atoms with van der Waals surface area (Å²) >= 11 is 8.78. The molecule has 2 nitrogen and oxygen atoms in total. The van der Waals surface area contributed by atoms with E-state index in [2.05, 4.69) is 20.9 Å². The number of halogens is 2. The first-order valence-electron chi connectivity index (χ1n) is 2.72. The van der Waals surface area contributed by atoms with E-state index in [0.717, 1.165) is 0 Å². The van der Waals surface area contributed by atoms with Crippen molar-refractivity contribution in [1.82, 2.24) is 0 Å². The Kier molecular flexibility index (Phi) is 2.26. The molecular weight excluding hydrogens is 217 g/mol. The van der Waals surface area contributed by atoms with Gasteiger partial charge in [0.1, 0.15) is 0 Å². The number of carbonyl (C=O) groups excluding carboxylic acids is 1. The smallest absolute Gasteiger partial charge is 0.266 e. The molecule has 0 saturated heterocycles. The molecule has 0 fully saturated rings. The number of carbonyl (C=O) groups is 1. The van der Waals surface area contributed by atoms with Crippen LogP contribution in [-0.4, -0.2) is 17.0 Å². The molecule has 1 heterocycles. The van der Waals surface area contributed by atoms with Crippen LogP contribution in [0.15, 0.2) is 15.6 Å². The van der Waals surface area contributed by atoms with E-state index in [0.29, 0.717) is 10.2 Å². The van der Waals surface area contributed by atoms with Crippen molar-refractivity contribution in [2.24, 2.45) is 4.99 Å². The summed E-state index contributed by atoms with van der Waals surface area (Å²) in [6.07, 6.45) is 1.63. The van der Waals surface area contributed by atoms with Gasteiger partial charge >= 0.3 is 0 Å². The molecule has 1 rings (SSSR count). The minimum absolute atomic E-state index is 0.243. The second-order valence-electron chi connectivity index (χ2n) is 1.97. The van der Waals surface area contributed by atoms with Crippen LogP contribution in [0, 0.1) is 0 Å². The molecule has 54 valence electrons. The Morgan fingerprint density at radius 2 is 2.40 bits per heavy atom. The predicted molar refractivity (Wildman–Crippen MR) is 44.8 cm³/mol. The maximum Gasteiger partial charge on any atom is 0.283 e. The molecule has 10 heavy (non-hydrogen) atoms. The fourth-order valence-electron chi connectivity index (χ4n) is 0.596. The summed E-state index contributed by atoms with van der Waals surface area (Å²) in [5.74, 6) is -0.255. The first-order chi connectivity index (χ1) is 4.61. The van der Waals surface area contributed by atoms with Crippen LogP contribution in [0.25, 0.3) is 0 Å². The molecule has 0 N–H and O–H groups in total. The topological polar surface area (TPSA) is 29.4 Å². The molecule has 0 saturated carbocycles. The van der Waals surface area contributed by atoms with E-state index < -0.39 is 0 Å². The third kappa shape index (κ3) is 1.47. The van der Waals surface area contributed by atoms with Crippen LogP contribution in [0.3, 0.4) is 0 Å². The monoisotopic (exact) mass is 221 g/mol. The zero-order valence-electron chi connectivity index (χ0n) is 5.27. The highest BCUT2D eigenvalue weighted by Crippen LogP contribution is 2.17. The highest BCUT2D eigenvalue weighted by atomic mass is 79.9. The van der Waals surface area contributed by atoms with Crippen LogP contribution in [0.5, 0.6) is 0 Å². The third-order valence-electron chi connectivity index (χ3n) is 1.17. The molecule has 1 amide bonds. The van der Waals surface area contributed by atoms with Crippen molar-refractivity contribution in [3.05, 3.63) is 10.6 Å². The van der Waals surface area contributed by atoms with E-state index in [9.17, 15) is 4.79 Å². The van der Waals surface area contributed by atoms with Crippen LogP contribution < -0.4 is 0 Å². The zero-order chi connectivity index (χ0) is 7.72. The van der Waals surface area contributed by atoms with Crippen LogP contribution in [-0.2, 0) is 4.79 Å². The molecule has 0 aromatic rings. The van der Waals surface area contributed by atoms with Crippen LogP contribution in [0.4, 0.5) is 0 Å². The number of nitrogens with zero attached hydrogens (tertiary/aromatic N) is 1. The molecule has 0 aliphatic carbocycles. The summed E-state index contributed by atoms with van der Waals surface area (Å²) < 4.78 is 0.443. The quantitative estimate of drug-likeness (QED) is 0.576. The van der Waals surface area contributed by atoms with E-state index in [1.807, 2.05) is 0 Å². The Hall–Kier alpha value is -0.150. The average molecular weight is 222 g/mol. The fraction of sp³-hybridized carbons (Fsp3) is 0.333. The number of amides is 1. The van der Waals surface area contributed by atoms with Gasteiger partial charge in [-0.05, 0) is 28.9 Å². The van der Waals surface area contributed by atoms with E-state index >= 15 is 0 Å². The van der Waals surface area contributed by atoms with E-state index in [1.165, 1.54) is 0 Å². The molecular formula is C6H5BrClNO. The maximum atomic E-state index is 10.8. The zero-order valence-corrected chi connectivity index (χ0v) is 7.61.